The van der Waals surface area contributed by atoms with Gasteiger partial charge in [0.05, 0.1) is 7.11 Å². The summed E-state index contributed by atoms with van der Waals surface area (Å²) >= 11 is 1.72. The summed E-state index contributed by atoms with van der Waals surface area (Å²) in [5.74, 6) is 0.949. The Bertz CT molecular complexity index is 730. The number of rotatable bonds is 3. The normalized spacial score (nSPS) is 15.7. The number of carbonyl (C=O) groups excluding carboxylic acids is 1. The Morgan fingerprint density at radius 3 is 2.55 bits per heavy atom. The molecule has 1 aliphatic carbocycles. The Labute approximate surface area is 135 Å². The van der Waals surface area contributed by atoms with Gasteiger partial charge in [-0.15, -0.1) is 11.8 Å². The number of hydrogen-bond donors (Lipinski definition) is 0. The quantitative estimate of drug-likeness (QED) is 0.611. The van der Waals surface area contributed by atoms with Gasteiger partial charge in [0.2, 0.25) is 0 Å². The van der Waals surface area contributed by atoms with Crippen molar-refractivity contribution in [2.45, 2.75) is 17.7 Å². The van der Waals surface area contributed by atoms with Gasteiger partial charge < -0.3 is 4.74 Å². The van der Waals surface area contributed by atoms with Gasteiger partial charge in [0.15, 0.2) is 5.78 Å². The van der Waals surface area contributed by atoms with Crippen LogP contribution in [0.2, 0.25) is 0 Å². The van der Waals surface area contributed by atoms with Gasteiger partial charge in [-0.3, -0.25) is 4.79 Å². The van der Waals surface area contributed by atoms with Crippen LogP contribution in [0.5, 0.6) is 5.75 Å². The van der Waals surface area contributed by atoms with E-state index in [-0.39, 0.29) is 5.78 Å². The van der Waals surface area contributed by atoms with Gasteiger partial charge in [0.25, 0.3) is 0 Å². The fourth-order valence-corrected chi connectivity index (χ4v) is 3.13. The third-order valence-corrected chi connectivity index (χ3v) is 4.71. The predicted octanol–water partition coefficient (Wildman–Crippen LogP) is 4.63. The van der Waals surface area contributed by atoms with Crippen LogP contribution in [0, 0.1) is 0 Å². The summed E-state index contributed by atoms with van der Waals surface area (Å²) in [7, 11) is 1.65. The van der Waals surface area contributed by atoms with Crippen LogP contribution in [-0.4, -0.2) is 19.1 Å². The number of Topliss-reactive ketones (excluding diaryl/α,β-unsaturated/α-hetero) is 1. The number of thioether (sulfide) groups is 1. The average molecular weight is 310 g/mol. The van der Waals surface area contributed by atoms with Crippen LogP contribution in [0.15, 0.2) is 52.9 Å². The molecule has 3 heteroatoms. The summed E-state index contributed by atoms with van der Waals surface area (Å²) in [5, 5.41) is 0. The molecular formula is C19H18O2S. The number of ketones is 1. The molecule has 2 aromatic rings. The average Bonchev–Trinajstić information content (AvgIpc) is 2.57. The molecule has 0 bridgehead atoms. The first kappa shape index (κ1) is 14.9. The van der Waals surface area contributed by atoms with Crippen molar-refractivity contribution in [2.75, 3.05) is 13.4 Å². The molecule has 0 saturated carbocycles. The lowest BCUT2D eigenvalue weighted by Gasteiger charge is -2.18. The summed E-state index contributed by atoms with van der Waals surface area (Å²) in [6, 6.07) is 14.0. The van der Waals surface area contributed by atoms with Crippen molar-refractivity contribution in [3.63, 3.8) is 0 Å². The van der Waals surface area contributed by atoms with E-state index in [1.54, 1.807) is 18.9 Å². The van der Waals surface area contributed by atoms with E-state index in [1.165, 1.54) is 4.90 Å². The highest BCUT2D eigenvalue weighted by atomic mass is 32.2. The van der Waals surface area contributed by atoms with Gasteiger partial charge >= 0.3 is 0 Å². The molecule has 0 spiro atoms. The van der Waals surface area contributed by atoms with Crippen molar-refractivity contribution < 1.29 is 9.53 Å². The van der Waals surface area contributed by atoms with Crippen molar-refractivity contribution in [1.82, 2.24) is 0 Å². The van der Waals surface area contributed by atoms with Gasteiger partial charge in [-0.1, -0.05) is 12.1 Å². The molecule has 3 rings (SSSR count). The number of ether oxygens (including phenoxy) is 1. The van der Waals surface area contributed by atoms with E-state index in [0.29, 0.717) is 0 Å². The molecule has 0 heterocycles. The Kier molecular flexibility index (Phi) is 4.34. The van der Waals surface area contributed by atoms with Crippen LogP contribution >= 0.6 is 11.8 Å². The molecule has 0 unspecified atom stereocenters. The second kappa shape index (κ2) is 6.41. The molecule has 0 N–H and O–H groups in total. The van der Waals surface area contributed by atoms with Gasteiger partial charge in [0, 0.05) is 16.0 Å². The summed E-state index contributed by atoms with van der Waals surface area (Å²) in [5.41, 5.74) is 3.85. The largest absolute Gasteiger partial charge is 0.497 e. The van der Waals surface area contributed by atoms with Crippen LogP contribution in [0.3, 0.4) is 0 Å². The zero-order valence-corrected chi connectivity index (χ0v) is 13.6. The highest BCUT2D eigenvalue weighted by molar-refractivity contribution is 7.98. The molecule has 22 heavy (non-hydrogen) atoms. The minimum absolute atomic E-state index is 0.137. The van der Waals surface area contributed by atoms with Crippen molar-refractivity contribution in [3.05, 3.63) is 64.7 Å². The minimum atomic E-state index is 0.137. The molecule has 0 saturated heterocycles. The Morgan fingerprint density at radius 1 is 1.09 bits per heavy atom. The SMILES string of the molecule is COc1ccc2c(c1)CC/C(=C\c1ccc(SC)cc1)C2=O. The molecule has 2 aromatic carbocycles. The van der Waals surface area contributed by atoms with E-state index < -0.39 is 0 Å². The highest BCUT2D eigenvalue weighted by Crippen LogP contribution is 2.29. The number of hydrogen-bond acceptors (Lipinski definition) is 3. The smallest absolute Gasteiger partial charge is 0.189 e. The summed E-state index contributed by atoms with van der Waals surface area (Å²) in [4.78, 5) is 13.9. The van der Waals surface area contributed by atoms with E-state index in [9.17, 15) is 4.79 Å². The van der Waals surface area contributed by atoms with Crippen LogP contribution in [0.25, 0.3) is 6.08 Å². The number of carbonyl (C=O) groups is 1. The van der Waals surface area contributed by atoms with E-state index in [0.717, 1.165) is 40.9 Å². The van der Waals surface area contributed by atoms with Gasteiger partial charge in [-0.25, -0.2) is 0 Å². The lowest BCUT2D eigenvalue weighted by molar-refractivity contribution is 0.102. The molecule has 0 amide bonds. The van der Waals surface area contributed by atoms with Crippen molar-refractivity contribution in [2.24, 2.45) is 0 Å². The van der Waals surface area contributed by atoms with E-state index in [4.69, 9.17) is 4.74 Å². The molecule has 112 valence electrons. The first-order valence-corrected chi connectivity index (χ1v) is 8.50. The number of aryl methyl sites for hydroxylation is 1. The molecule has 0 radical (unpaired) electrons. The van der Waals surface area contributed by atoms with Crippen molar-refractivity contribution in [1.29, 1.82) is 0 Å². The third-order valence-electron chi connectivity index (χ3n) is 3.97. The Hall–Kier alpha value is -2.00. The third kappa shape index (κ3) is 2.95. The van der Waals surface area contributed by atoms with Crippen molar-refractivity contribution >= 4 is 23.6 Å². The van der Waals surface area contributed by atoms with Crippen molar-refractivity contribution in [3.8, 4) is 5.75 Å². The fourth-order valence-electron chi connectivity index (χ4n) is 2.72. The van der Waals surface area contributed by atoms with Gasteiger partial charge in [-0.05, 0) is 66.6 Å². The highest BCUT2D eigenvalue weighted by Gasteiger charge is 2.22. The second-order valence-electron chi connectivity index (χ2n) is 5.29. The Balaban J connectivity index is 1.89. The van der Waals surface area contributed by atoms with Gasteiger partial charge in [-0.2, -0.15) is 0 Å². The lowest BCUT2D eigenvalue weighted by atomic mass is 9.86. The fraction of sp³-hybridized carbons (Fsp3) is 0.211. The summed E-state index contributed by atoms with van der Waals surface area (Å²) in [6.45, 7) is 0. The second-order valence-corrected chi connectivity index (χ2v) is 6.17. The molecule has 0 aromatic heterocycles. The first-order valence-electron chi connectivity index (χ1n) is 7.27. The molecular weight excluding hydrogens is 292 g/mol. The lowest BCUT2D eigenvalue weighted by Crippen LogP contribution is -2.14. The first-order chi connectivity index (χ1) is 10.7. The molecule has 0 atom stereocenters. The van der Waals surface area contributed by atoms with E-state index in [2.05, 4.69) is 30.5 Å². The Morgan fingerprint density at radius 2 is 1.86 bits per heavy atom. The van der Waals surface area contributed by atoms with E-state index in [1.807, 2.05) is 24.3 Å². The topological polar surface area (TPSA) is 26.3 Å². The maximum absolute atomic E-state index is 12.6. The number of fused-ring (bicyclic) bond motifs is 1. The van der Waals surface area contributed by atoms with Crippen LogP contribution < -0.4 is 4.74 Å². The number of allylic oxidation sites excluding steroid dienone is 1. The molecule has 0 fully saturated rings. The number of methoxy groups -OCH3 is 1. The zero-order valence-electron chi connectivity index (χ0n) is 12.8. The van der Waals surface area contributed by atoms with Crippen LogP contribution in [0.1, 0.15) is 27.9 Å². The molecule has 1 aliphatic rings. The summed E-state index contributed by atoms with van der Waals surface area (Å²) in [6.07, 6.45) is 5.74. The van der Waals surface area contributed by atoms with Crippen LogP contribution in [0.4, 0.5) is 0 Å². The van der Waals surface area contributed by atoms with E-state index >= 15 is 0 Å². The molecule has 2 nitrogen and oxygen atoms in total. The standard InChI is InChI=1S/C19H18O2S/c1-21-16-7-10-18-14(12-16)5-6-15(19(18)20)11-13-3-8-17(22-2)9-4-13/h3-4,7-12H,5-6H2,1-2H3/b15-11+. The maximum atomic E-state index is 12.6. The maximum Gasteiger partial charge on any atom is 0.189 e. The monoisotopic (exact) mass is 310 g/mol. The zero-order chi connectivity index (χ0) is 15.5. The number of benzene rings is 2. The summed E-state index contributed by atoms with van der Waals surface area (Å²) < 4.78 is 5.23. The predicted molar refractivity (Wildman–Crippen MR) is 91.8 cm³/mol. The van der Waals surface area contributed by atoms with Crippen LogP contribution in [-0.2, 0) is 6.42 Å². The molecule has 0 aliphatic heterocycles. The minimum Gasteiger partial charge on any atom is -0.497 e. The van der Waals surface area contributed by atoms with Gasteiger partial charge in [0.1, 0.15) is 5.75 Å².